The number of rotatable bonds is 4. The van der Waals surface area contributed by atoms with Gasteiger partial charge >= 0.3 is 5.97 Å². The summed E-state index contributed by atoms with van der Waals surface area (Å²) in [5, 5.41) is 9.24. The normalized spacial score (nSPS) is 15.4. The maximum atomic E-state index is 14.2. The van der Waals surface area contributed by atoms with Crippen LogP contribution in [-0.2, 0) is 5.41 Å². The van der Waals surface area contributed by atoms with Crippen LogP contribution in [0.2, 0.25) is 5.02 Å². The Balaban J connectivity index is 1.47. The highest BCUT2D eigenvalue weighted by Gasteiger charge is 2.39. The molecule has 1 aliphatic rings. The van der Waals surface area contributed by atoms with Crippen molar-refractivity contribution in [2.24, 2.45) is 0 Å². The predicted molar refractivity (Wildman–Crippen MR) is 154 cm³/mol. The van der Waals surface area contributed by atoms with Gasteiger partial charge in [0.15, 0.2) is 17.0 Å². The standard InChI is InChI=1S/C30H31ClFN5O4/c1-16-26(33-14-23(34-16)28(39)40)36-9-10-37(30(5,6)15-36)27(38)24-13-22-25(41-24)18(29(2,3)4)12-21(35-22)17-7-8-19(31)20(32)11-17/h7-8,11-14H,9-10,15H2,1-6H3,(H,39,40). The van der Waals surface area contributed by atoms with Crippen molar-refractivity contribution in [3.8, 4) is 11.3 Å². The van der Waals surface area contributed by atoms with Crippen LogP contribution >= 0.6 is 11.6 Å². The molecule has 1 amide bonds. The van der Waals surface area contributed by atoms with E-state index in [0.29, 0.717) is 53.5 Å². The molecule has 0 unspecified atom stereocenters. The molecule has 1 aliphatic heterocycles. The number of halogens is 2. The second-order valence-corrected chi connectivity index (χ2v) is 12.3. The Labute approximate surface area is 242 Å². The lowest BCUT2D eigenvalue weighted by Gasteiger charge is -2.47. The summed E-state index contributed by atoms with van der Waals surface area (Å²) in [6.45, 7) is 13.1. The molecular weight excluding hydrogens is 549 g/mol. The number of piperazine rings is 1. The van der Waals surface area contributed by atoms with Gasteiger partial charge in [-0.25, -0.2) is 24.1 Å². The van der Waals surface area contributed by atoms with Crippen LogP contribution in [0.5, 0.6) is 0 Å². The van der Waals surface area contributed by atoms with Gasteiger partial charge in [0.1, 0.15) is 17.2 Å². The van der Waals surface area contributed by atoms with Gasteiger partial charge in [0, 0.05) is 36.8 Å². The molecule has 0 spiro atoms. The van der Waals surface area contributed by atoms with Gasteiger partial charge < -0.3 is 19.3 Å². The number of carbonyl (C=O) groups is 2. The Morgan fingerprint density at radius 3 is 2.46 bits per heavy atom. The van der Waals surface area contributed by atoms with Gasteiger partial charge in [-0.2, -0.15) is 0 Å². The number of anilines is 1. The summed E-state index contributed by atoms with van der Waals surface area (Å²) in [5.41, 5.74) is 2.42. The first kappa shape index (κ1) is 28.5. The molecule has 0 atom stereocenters. The van der Waals surface area contributed by atoms with Gasteiger partial charge in [0.25, 0.3) is 5.91 Å². The van der Waals surface area contributed by atoms with E-state index in [-0.39, 0.29) is 27.8 Å². The highest BCUT2D eigenvalue weighted by Crippen LogP contribution is 2.36. The quantitative estimate of drug-likeness (QED) is 0.307. The van der Waals surface area contributed by atoms with Crippen molar-refractivity contribution in [3.63, 3.8) is 0 Å². The molecular formula is C30H31ClFN5O4. The van der Waals surface area contributed by atoms with Crippen molar-refractivity contribution < 1.29 is 23.5 Å². The fourth-order valence-electron chi connectivity index (χ4n) is 5.22. The number of amides is 1. The lowest BCUT2D eigenvalue weighted by molar-refractivity contribution is 0.0482. The number of carbonyl (C=O) groups excluding carboxylic acids is 1. The summed E-state index contributed by atoms with van der Waals surface area (Å²) < 4.78 is 20.4. The van der Waals surface area contributed by atoms with Gasteiger partial charge in [-0.15, -0.1) is 0 Å². The predicted octanol–water partition coefficient (Wildman–Crippen LogP) is 6.12. The van der Waals surface area contributed by atoms with E-state index in [1.165, 1.54) is 18.3 Å². The molecule has 4 aromatic rings. The van der Waals surface area contributed by atoms with E-state index in [0.717, 1.165) is 5.56 Å². The fraction of sp³-hybridized carbons (Fsp3) is 0.367. The average Bonchev–Trinajstić information content (AvgIpc) is 3.32. The molecule has 0 bridgehead atoms. The third kappa shape index (κ3) is 5.36. The average molecular weight is 580 g/mol. The minimum absolute atomic E-state index is 0.0317. The van der Waals surface area contributed by atoms with Crippen molar-refractivity contribution in [2.45, 2.75) is 52.5 Å². The smallest absolute Gasteiger partial charge is 0.356 e. The van der Waals surface area contributed by atoms with Crippen molar-refractivity contribution >= 4 is 40.4 Å². The molecule has 1 aromatic carbocycles. The SMILES string of the molecule is Cc1nc(C(=O)O)cnc1N1CCN(C(=O)c2cc3nc(-c4ccc(Cl)c(F)c4)cc(C(C)(C)C)c3o2)C(C)(C)C1. The highest BCUT2D eigenvalue weighted by molar-refractivity contribution is 6.30. The lowest BCUT2D eigenvalue weighted by atomic mass is 9.86. The molecule has 0 saturated carbocycles. The Morgan fingerprint density at radius 1 is 1.12 bits per heavy atom. The molecule has 0 aliphatic carbocycles. The number of nitrogens with zero attached hydrogens (tertiary/aromatic N) is 5. The van der Waals surface area contributed by atoms with E-state index in [2.05, 4.69) is 9.97 Å². The lowest BCUT2D eigenvalue weighted by Crippen LogP contribution is -2.61. The summed E-state index contributed by atoms with van der Waals surface area (Å²) in [5.74, 6) is -1.18. The zero-order chi connectivity index (χ0) is 29.9. The largest absolute Gasteiger partial charge is 0.476 e. The van der Waals surface area contributed by atoms with Crippen LogP contribution < -0.4 is 4.90 Å². The van der Waals surface area contributed by atoms with Crippen molar-refractivity contribution in [1.29, 1.82) is 0 Å². The number of carboxylic acids is 1. The van der Waals surface area contributed by atoms with Gasteiger partial charge in [0.2, 0.25) is 0 Å². The number of pyridine rings is 1. The fourth-order valence-corrected chi connectivity index (χ4v) is 5.34. The third-order valence-electron chi connectivity index (χ3n) is 7.30. The zero-order valence-corrected chi connectivity index (χ0v) is 24.5. The van der Waals surface area contributed by atoms with Crippen molar-refractivity contribution in [3.05, 3.63) is 70.1 Å². The molecule has 214 valence electrons. The summed E-state index contributed by atoms with van der Waals surface area (Å²) in [6, 6.07) is 8.06. The Morgan fingerprint density at radius 2 is 1.85 bits per heavy atom. The summed E-state index contributed by atoms with van der Waals surface area (Å²) in [6.07, 6.45) is 1.25. The van der Waals surface area contributed by atoms with Gasteiger partial charge in [-0.3, -0.25) is 4.79 Å². The van der Waals surface area contributed by atoms with Crippen molar-refractivity contribution in [2.75, 3.05) is 24.5 Å². The molecule has 1 fully saturated rings. The summed E-state index contributed by atoms with van der Waals surface area (Å²) in [4.78, 5) is 42.1. The second kappa shape index (κ2) is 10.1. The molecule has 5 rings (SSSR count). The summed E-state index contributed by atoms with van der Waals surface area (Å²) in [7, 11) is 0. The monoisotopic (exact) mass is 579 g/mol. The number of aryl methyl sites for hydroxylation is 1. The summed E-state index contributed by atoms with van der Waals surface area (Å²) >= 11 is 5.89. The van der Waals surface area contributed by atoms with Gasteiger partial charge in [-0.05, 0) is 44.4 Å². The third-order valence-corrected chi connectivity index (χ3v) is 7.61. The molecule has 3 aromatic heterocycles. The van der Waals surface area contributed by atoms with Crippen LogP contribution in [0, 0.1) is 12.7 Å². The van der Waals surface area contributed by atoms with Gasteiger partial charge in [-0.1, -0.05) is 38.4 Å². The maximum Gasteiger partial charge on any atom is 0.356 e. The van der Waals surface area contributed by atoms with E-state index in [1.807, 2.05) is 45.6 Å². The number of furan rings is 1. The minimum Gasteiger partial charge on any atom is -0.476 e. The first-order valence-corrected chi connectivity index (χ1v) is 13.6. The second-order valence-electron chi connectivity index (χ2n) is 11.9. The Bertz CT molecular complexity index is 1690. The van der Waals surface area contributed by atoms with Crippen LogP contribution in [0.4, 0.5) is 10.2 Å². The number of hydrogen-bond donors (Lipinski definition) is 1. The molecule has 1 N–H and O–H groups in total. The molecule has 1 saturated heterocycles. The minimum atomic E-state index is -1.13. The Hall–Kier alpha value is -4.05. The number of benzene rings is 1. The van der Waals surface area contributed by atoms with Crippen LogP contribution in [0.15, 0.2) is 40.9 Å². The van der Waals surface area contributed by atoms with E-state index in [9.17, 15) is 19.1 Å². The van der Waals surface area contributed by atoms with Crippen LogP contribution in [0.3, 0.4) is 0 Å². The topological polar surface area (TPSA) is 113 Å². The number of aromatic carboxylic acids is 1. The zero-order valence-electron chi connectivity index (χ0n) is 23.7. The van der Waals surface area contributed by atoms with Gasteiger partial charge in [0.05, 0.1) is 28.1 Å². The van der Waals surface area contributed by atoms with Crippen LogP contribution in [0.25, 0.3) is 22.4 Å². The molecule has 0 radical (unpaired) electrons. The molecule has 41 heavy (non-hydrogen) atoms. The number of fused-ring (bicyclic) bond motifs is 1. The Kier molecular flexibility index (Phi) is 7.01. The number of carboxylic acid groups (broad SMARTS) is 1. The number of hydrogen-bond acceptors (Lipinski definition) is 7. The first-order valence-electron chi connectivity index (χ1n) is 13.2. The maximum absolute atomic E-state index is 14.2. The van der Waals surface area contributed by atoms with Crippen LogP contribution in [0.1, 0.15) is 66.9 Å². The highest BCUT2D eigenvalue weighted by atomic mass is 35.5. The van der Waals surface area contributed by atoms with Crippen LogP contribution in [-0.4, -0.2) is 62.0 Å². The van der Waals surface area contributed by atoms with E-state index in [4.69, 9.17) is 21.0 Å². The number of aromatic nitrogens is 3. The first-order chi connectivity index (χ1) is 19.2. The van der Waals surface area contributed by atoms with E-state index < -0.39 is 17.3 Å². The molecule has 4 heterocycles. The van der Waals surface area contributed by atoms with E-state index in [1.54, 1.807) is 24.0 Å². The van der Waals surface area contributed by atoms with Crippen molar-refractivity contribution in [1.82, 2.24) is 19.9 Å². The van der Waals surface area contributed by atoms with E-state index >= 15 is 0 Å². The molecule has 9 nitrogen and oxygen atoms in total. The molecule has 11 heteroatoms.